The van der Waals surface area contributed by atoms with E-state index in [1.807, 2.05) is 38.1 Å². The second kappa shape index (κ2) is 4.41. The Labute approximate surface area is 99.9 Å². The smallest absolute Gasteiger partial charge is 0.145 e. The summed E-state index contributed by atoms with van der Waals surface area (Å²) in [6, 6.07) is 9.39. The van der Waals surface area contributed by atoms with Gasteiger partial charge >= 0.3 is 0 Å². The maximum absolute atomic E-state index is 7.40. The molecule has 0 bridgehead atoms. The Bertz CT molecular complexity index is 564. The Morgan fingerprint density at radius 3 is 2.71 bits per heavy atom. The molecule has 17 heavy (non-hydrogen) atoms. The molecule has 2 rings (SSSR count). The van der Waals surface area contributed by atoms with Gasteiger partial charge in [-0.1, -0.05) is 18.2 Å². The molecule has 4 heteroatoms. The van der Waals surface area contributed by atoms with Crippen LogP contribution < -0.4 is 10.5 Å². The molecule has 0 saturated heterocycles. The largest absolute Gasteiger partial charge is 0.489 e. The van der Waals surface area contributed by atoms with Crippen LogP contribution in [0.15, 0.2) is 30.3 Å². The minimum atomic E-state index is -0.0359. The quantitative estimate of drug-likeness (QED) is 0.626. The number of nitrogens with one attached hydrogen (secondary N) is 1. The van der Waals surface area contributed by atoms with E-state index in [1.165, 1.54) is 0 Å². The number of hydrogen-bond donors (Lipinski definition) is 2. The van der Waals surface area contributed by atoms with E-state index in [9.17, 15) is 0 Å². The van der Waals surface area contributed by atoms with Crippen molar-refractivity contribution in [2.75, 3.05) is 0 Å². The zero-order chi connectivity index (χ0) is 12.4. The minimum Gasteiger partial charge on any atom is -0.489 e. The molecule has 88 valence electrons. The SMILES string of the molecule is CC(C)Oc1cccc2ccc(C(=N)N)nc12. The fourth-order valence-corrected chi connectivity index (χ4v) is 1.62. The number of aromatic nitrogens is 1. The number of pyridine rings is 1. The van der Waals surface area contributed by atoms with E-state index in [2.05, 4.69) is 4.98 Å². The summed E-state index contributed by atoms with van der Waals surface area (Å²) in [5, 5.41) is 8.38. The van der Waals surface area contributed by atoms with Crippen LogP contribution in [0, 0.1) is 5.41 Å². The highest BCUT2D eigenvalue weighted by molar-refractivity contribution is 5.96. The van der Waals surface area contributed by atoms with Crippen LogP contribution in [0.2, 0.25) is 0 Å². The molecule has 1 aromatic heterocycles. The van der Waals surface area contributed by atoms with Gasteiger partial charge in [-0.25, -0.2) is 4.98 Å². The van der Waals surface area contributed by atoms with Gasteiger partial charge in [0.25, 0.3) is 0 Å². The number of ether oxygens (including phenoxy) is 1. The van der Waals surface area contributed by atoms with E-state index in [1.54, 1.807) is 6.07 Å². The lowest BCUT2D eigenvalue weighted by molar-refractivity contribution is 0.245. The van der Waals surface area contributed by atoms with Crippen molar-refractivity contribution in [2.45, 2.75) is 20.0 Å². The number of nitrogens with two attached hydrogens (primary N) is 1. The van der Waals surface area contributed by atoms with Crippen LogP contribution >= 0.6 is 0 Å². The maximum atomic E-state index is 7.40. The van der Waals surface area contributed by atoms with Crippen molar-refractivity contribution in [2.24, 2.45) is 5.73 Å². The van der Waals surface area contributed by atoms with Gasteiger partial charge in [0.05, 0.1) is 6.10 Å². The highest BCUT2D eigenvalue weighted by Crippen LogP contribution is 2.24. The number of nitrogens with zero attached hydrogens (tertiary/aromatic N) is 1. The summed E-state index contributed by atoms with van der Waals surface area (Å²) in [5.74, 6) is 0.687. The summed E-state index contributed by atoms with van der Waals surface area (Å²) >= 11 is 0. The molecule has 0 amide bonds. The highest BCUT2D eigenvalue weighted by Gasteiger charge is 2.07. The van der Waals surface area contributed by atoms with Crippen molar-refractivity contribution in [3.63, 3.8) is 0 Å². The third-order valence-electron chi connectivity index (χ3n) is 2.32. The van der Waals surface area contributed by atoms with E-state index in [0.29, 0.717) is 5.69 Å². The monoisotopic (exact) mass is 229 g/mol. The Kier molecular flexibility index (Phi) is 2.95. The zero-order valence-electron chi connectivity index (χ0n) is 9.90. The van der Waals surface area contributed by atoms with Gasteiger partial charge < -0.3 is 10.5 Å². The molecule has 0 unspecified atom stereocenters. The lowest BCUT2D eigenvalue weighted by Gasteiger charge is -2.12. The van der Waals surface area contributed by atoms with Crippen molar-refractivity contribution >= 4 is 16.7 Å². The van der Waals surface area contributed by atoms with Gasteiger partial charge in [-0.3, -0.25) is 5.41 Å². The summed E-state index contributed by atoms with van der Waals surface area (Å²) in [6.45, 7) is 3.93. The van der Waals surface area contributed by atoms with E-state index in [-0.39, 0.29) is 11.9 Å². The molecule has 0 aliphatic heterocycles. The number of nitrogen functional groups attached to an aromatic ring is 1. The van der Waals surface area contributed by atoms with Crippen molar-refractivity contribution in [3.05, 3.63) is 36.0 Å². The average Bonchev–Trinajstić information content (AvgIpc) is 2.28. The molecule has 4 nitrogen and oxygen atoms in total. The molecular weight excluding hydrogens is 214 g/mol. The van der Waals surface area contributed by atoms with Crippen LogP contribution in [0.25, 0.3) is 10.9 Å². The fourth-order valence-electron chi connectivity index (χ4n) is 1.62. The molecule has 0 radical (unpaired) electrons. The summed E-state index contributed by atoms with van der Waals surface area (Å²) in [6.07, 6.45) is 0.0865. The van der Waals surface area contributed by atoms with Gasteiger partial charge in [0.1, 0.15) is 22.8 Å². The maximum Gasteiger partial charge on any atom is 0.145 e. The third kappa shape index (κ3) is 2.36. The molecule has 0 aliphatic carbocycles. The van der Waals surface area contributed by atoms with Gasteiger partial charge in [-0.15, -0.1) is 0 Å². The highest BCUT2D eigenvalue weighted by atomic mass is 16.5. The number of rotatable bonds is 3. The Balaban J connectivity index is 2.59. The number of fused-ring (bicyclic) bond motifs is 1. The van der Waals surface area contributed by atoms with Gasteiger partial charge in [0, 0.05) is 5.39 Å². The van der Waals surface area contributed by atoms with Gasteiger partial charge in [-0.2, -0.15) is 0 Å². The van der Waals surface area contributed by atoms with Crippen molar-refractivity contribution in [3.8, 4) is 5.75 Å². The predicted molar refractivity (Wildman–Crippen MR) is 68.5 cm³/mol. The number of benzene rings is 1. The number of hydrogen-bond acceptors (Lipinski definition) is 3. The first-order valence-electron chi connectivity index (χ1n) is 5.49. The van der Waals surface area contributed by atoms with Gasteiger partial charge in [0.15, 0.2) is 0 Å². The molecule has 3 N–H and O–H groups in total. The van der Waals surface area contributed by atoms with Crippen LogP contribution in [0.1, 0.15) is 19.5 Å². The summed E-state index contributed by atoms with van der Waals surface area (Å²) in [5.41, 5.74) is 6.65. The van der Waals surface area contributed by atoms with Crippen LogP contribution in [-0.4, -0.2) is 16.9 Å². The second-order valence-electron chi connectivity index (χ2n) is 4.10. The summed E-state index contributed by atoms with van der Waals surface area (Å²) in [7, 11) is 0. The van der Waals surface area contributed by atoms with E-state index < -0.39 is 0 Å². The second-order valence-corrected chi connectivity index (χ2v) is 4.10. The third-order valence-corrected chi connectivity index (χ3v) is 2.32. The van der Waals surface area contributed by atoms with Crippen molar-refractivity contribution in [1.82, 2.24) is 4.98 Å². The van der Waals surface area contributed by atoms with Gasteiger partial charge in [-0.05, 0) is 26.0 Å². The normalized spacial score (nSPS) is 10.8. The molecule has 0 spiro atoms. The van der Waals surface area contributed by atoms with Crippen LogP contribution in [0.4, 0.5) is 0 Å². The molecule has 1 heterocycles. The Morgan fingerprint density at radius 2 is 2.06 bits per heavy atom. The van der Waals surface area contributed by atoms with E-state index in [4.69, 9.17) is 15.9 Å². The average molecular weight is 229 g/mol. The van der Waals surface area contributed by atoms with Crippen LogP contribution in [-0.2, 0) is 0 Å². The standard InChI is InChI=1S/C13H15N3O/c1-8(2)17-11-5-3-4-9-6-7-10(13(14)15)16-12(9)11/h3-8H,1-2H3,(H3,14,15). The van der Waals surface area contributed by atoms with E-state index in [0.717, 1.165) is 16.7 Å². The lowest BCUT2D eigenvalue weighted by atomic mass is 10.2. The first-order chi connectivity index (χ1) is 8.08. The zero-order valence-corrected chi connectivity index (χ0v) is 9.90. The molecular formula is C13H15N3O. The molecule has 2 aromatic rings. The summed E-state index contributed by atoms with van der Waals surface area (Å²) in [4.78, 5) is 4.35. The van der Waals surface area contributed by atoms with Gasteiger partial charge in [0.2, 0.25) is 0 Å². The van der Waals surface area contributed by atoms with Crippen molar-refractivity contribution in [1.29, 1.82) is 5.41 Å². The van der Waals surface area contributed by atoms with Crippen molar-refractivity contribution < 1.29 is 4.74 Å². The first kappa shape index (κ1) is 11.4. The predicted octanol–water partition coefficient (Wildman–Crippen LogP) is 2.31. The molecule has 0 aliphatic rings. The van der Waals surface area contributed by atoms with E-state index >= 15 is 0 Å². The molecule has 0 atom stereocenters. The number of para-hydroxylation sites is 1. The lowest BCUT2D eigenvalue weighted by Crippen LogP contribution is -2.13. The van der Waals surface area contributed by atoms with Crippen LogP contribution in [0.5, 0.6) is 5.75 Å². The fraction of sp³-hybridized carbons (Fsp3) is 0.231. The molecule has 0 saturated carbocycles. The molecule has 1 aromatic carbocycles. The molecule has 0 fully saturated rings. The summed E-state index contributed by atoms with van der Waals surface area (Å²) < 4.78 is 5.69. The Morgan fingerprint density at radius 1 is 1.29 bits per heavy atom. The van der Waals surface area contributed by atoms with Crippen LogP contribution in [0.3, 0.4) is 0 Å². The number of amidine groups is 1. The topological polar surface area (TPSA) is 72.0 Å². The first-order valence-corrected chi connectivity index (χ1v) is 5.49. The Hall–Kier alpha value is -2.10. The minimum absolute atomic E-state index is 0.0359.